The highest BCUT2D eigenvalue weighted by Gasteiger charge is 2.44. The molecule has 0 bridgehead atoms. The molecule has 2 N–H and O–H groups in total. The van der Waals surface area contributed by atoms with Gasteiger partial charge in [-0.1, -0.05) is 0 Å². The van der Waals surface area contributed by atoms with E-state index in [9.17, 15) is 22.7 Å². The van der Waals surface area contributed by atoms with Gasteiger partial charge in [0.1, 0.15) is 11.9 Å². The maximum atomic E-state index is 13.0. The molecule has 1 saturated heterocycles. The minimum atomic E-state index is -3.99. The van der Waals surface area contributed by atoms with E-state index < -0.39 is 39.4 Å². The molecule has 1 aromatic rings. The van der Waals surface area contributed by atoms with Crippen LogP contribution in [0.5, 0.6) is 0 Å². The molecule has 23 heavy (non-hydrogen) atoms. The lowest BCUT2D eigenvalue weighted by Gasteiger charge is -2.27. The van der Waals surface area contributed by atoms with E-state index in [1.807, 2.05) is 0 Å². The maximum Gasteiger partial charge on any atom is 0.243 e. The van der Waals surface area contributed by atoms with Gasteiger partial charge in [-0.15, -0.1) is 0 Å². The minimum Gasteiger partial charge on any atom is -0.392 e. The number of carbonyl (C=O) groups is 1. The second-order valence-electron chi connectivity index (χ2n) is 6.67. The van der Waals surface area contributed by atoms with Crippen molar-refractivity contribution in [1.29, 1.82) is 0 Å². The number of benzene rings is 1. The second-order valence-corrected chi connectivity index (χ2v) is 8.56. The number of nitrogens with one attached hydrogen (secondary N) is 1. The molecule has 128 valence electrons. The molecule has 8 heteroatoms. The largest absolute Gasteiger partial charge is 0.392 e. The zero-order chi connectivity index (χ0) is 17.4. The van der Waals surface area contributed by atoms with Gasteiger partial charge in [0.15, 0.2) is 0 Å². The molecule has 1 aromatic carbocycles. The van der Waals surface area contributed by atoms with Crippen LogP contribution in [-0.2, 0) is 14.8 Å². The van der Waals surface area contributed by atoms with E-state index in [4.69, 9.17) is 0 Å². The Balaban J connectivity index is 2.31. The molecule has 2 atom stereocenters. The third-order valence-corrected chi connectivity index (χ3v) is 5.34. The Labute approximate surface area is 135 Å². The molecular weight excluding hydrogens is 323 g/mol. The van der Waals surface area contributed by atoms with Crippen molar-refractivity contribution in [2.45, 2.75) is 49.8 Å². The van der Waals surface area contributed by atoms with E-state index in [1.54, 1.807) is 20.8 Å². The van der Waals surface area contributed by atoms with E-state index in [0.717, 1.165) is 28.6 Å². The number of hydrogen-bond acceptors (Lipinski definition) is 4. The molecule has 0 radical (unpaired) electrons. The highest BCUT2D eigenvalue weighted by molar-refractivity contribution is 7.89. The van der Waals surface area contributed by atoms with Crippen LogP contribution >= 0.6 is 0 Å². The van der Waals surface area contributed by atoms with Crippen molar-refractivity contribution < 1.29 is 22.7 Å². The van der Waals surface area contributed by atoms with Gasteiger partial charge in [0.25, 0.3) is 0 Å². The Morgan fingerprint density at radius 2 is 1.87 bits per heavy atom. The van der Waals surface area contributed by atoms with Crippen LogP contribution in [0.4, 0.5) is 4.39 Å². The molecular formula is C15H21FN2O4S. The van der Waals surface area contributed by atoms with Crippen molar-refractivity contribution in [3.63, 3.8) is 0 Å². The molecule has 1 fully saturated rings. The number of rotatable bonds is 3. The van der Waals surface area contributed by atoms with Crippen LogP contribution in [0.15, 0.2) is 29.2 Å². The molecule has 0 spiro atoms. The average molecular weight is 344 g/mol. The lowest BCUT2D eigenvalue weighted by atomic mass is 10.1. The average Bonchev–Trinajstić information content (AvgIpc) is 2.80. The third-order valence-electron chi connectivity index (χ3n) is 3.45. The summed E-state index contributed by atoms with van der Waals surface area (Å²) >= 11 is 0. The van der Waals surface area contributed by atoms with Crippen LogP contribution < -0.4 is 5.32 Å². The lowest BCUT2D eigenvalue weighted by Crippen LogP contribution is -2.51. The summed E-state index contributed by atoms with van der Waals surface area (Å²) in [5, 5.41) is 12.6. The summed E-state index contributed by atoms with van der Waals surface area (Å²) in [4.78, 5) is 12.3. The first kappa shape index (κ1) is 17.8. The smallest absolute Gasteiger partial charge is 0.243 e. The number of carbonyl (C=O) groups excluding carboxylic acids is 1. The molecule has 6 nitrogen and oxygen atoms in total. The molecule has 0 saturated carbocycles. The highest BCUT2D eigenvalue weighted by atomic mass is 32.2. The van der Waals surface area contributed by atoms with Crippen LogP contribution in [0.2, 0.25) is 0 Å². The molecule has 1 aliphatic rings. The molecule has 1 heterocycles. The Morgan fingerprint density at radius 1 is 1.30 bits per heavy atom. The zero-order valence-electron chi connectivity index (χ0n) is 13.3. The second kappa shape index (κ2) is 6.18. The van der Waals surface area contributed by atoms with Gasteiger partial charge in [0.2, 0.25) is 15.9 Å². The van der Waals surface area contributed by atoms with Gasteiger partial charge in [-0.05, 0) is 45.0 Å². The summed E-state index contributed by atoms with van der Waals surface area (Å²) in [7, 11) is -3.99. The summed E-state index contributed by atoms with van der Waals surface area (Å²) in [5.74, 6) is -1.01. The normalized spacial score (nSPS) is 23.0. The fraction of sp³-hybridized carbons (Fsp3) is 0.533. The van der Waals surface area contributed by atoms with Gasteiger partial charge >= 0.3 is 0 Å². The van der Waals surface area contributed by atoms with Gasteiger partial charge < -0.3 is 10.4 Å². The van der Waals surface area contributed by atoms with E-state index in [1.165, 1.54) is 0 Å². The van der Waals surface area contributed by atoms with Gasteiger partial charge in [-0.3, -0.25) is 4.79 Å². The number of amides is 1. The van der Waals surface area contributed by atoms with Crippen LogP contribution in [0.1, 0.15) is 27.2 Å². The highest BCUT2D eigenvalue weighted by Crippen LogP contribution is 2.27. The topological polar surface area (TPSA) is 86.7 Å². The molecule has 1 amide bonds. The molecule has 2 rings (SSSR count). The number of aliphatic hydroxyl groups is 1. The summed E-state index contributed by atoms with van der Waals surface area (Å²) in [6.45, 7) is 5.20. The fourth-order valence-electron chi connectivity index (χ4n) is 2.48. The van der Waals surface area contributed by atoms with E-state index in [-0.39, 0.29) is 17.9 Å². The van der Waals surface area contributed by atoms with Crippen molar-refractivity contribution in [2.75, 3.05) is 6.54 Å². The number of nitrogens with zero attached hydrogens (tertiary/aromatic N) is 1. The van der Waals surface area contributed by atoms with Crippen LogP contribution in [-0.4, -0.2) is 48.0 Å². The number of β-amino-alcohol motifs (C(OH)–C–C–N with tert-alkyl or cyclic N) is 1. The van der Waals surface area contributed by atoms with Gasteiger partial charge in [-0.2, -0.15) is 4.31 Å². The van der Waals surface area contributed by atoms with Crippen LogP contribution in [0, 0.1) is 5.82 Å². The first-order valence-corrected chi connectivity index (χ1v) is 8.72. The van der Waals surface area contributed by atoms with E-state index >= 15 is 0 Å². The van der Waals surface area contributed by atoms with Gasteiger partial charge in [0, 0.05) is 18.5 Å². The number of halogens is 1. The molecule has 0 aromatic heterocycles. The molecule has 0 aliphatic carbocycles. The minimum absolute atomic E-state index is 0.0301. The first-order chi connectivity index (χ1) is 10.5. The Bertz CT molecular complexity index is 682. The molecule has 2 unspecified atom stereocenters. The summed E-state index contributed by atoms with van der Waals surface area (Å²) in [6.07, 6.45) is -0.886. The summed E-state index contributed by atoms with van der Waals surface area (Å²) < 4.78 is 39.3. The standard InChI is InChI=1S/C15H21FN2O4S/c1-15(2,3)17-14(20)13-8-11(19)9-18(13)23(21,22)12-6-4-10(16)5-7-12/h4-7,11,13,19H,8-9H2,1-3H3,(H,17,20). The number of sulfonamides is 1. The van der Waals surface area contributed by atoms with E-state index in [2.05, 4.69) is 5.32 Å². The van der Waals surface area contributed by atoms with Gasteiger partial charge in [0.05, 0.1) is 11.0 Å². The Morgan fingerprint density at radius 3 is 2.39 bits per heavy atom. The van der Waals surface area contributed by atoms with Crippen molar-refractivity contribution in [2.24, 2.45) is 0 Å². The maximum absolute atomic E-state index is 13.0. The Hall–Kier alpha value is -1.51. The van der Waals surface area contributed by atoms with E-state index in [0.29, 0.717) is 0 Å². The van der Waals surface area contributed by atoms with Crippen molar-refractivity contribution in [3.8, 4) is 0 Å². The fourth-order valence-corrected chi connectivity index (χ4v) is 4.12. The third kappa shape index (κ3) is 4.07. The van der Waals surface area contributed by atoms with Crippen molar-refractivity contribution in [1.82, 2.24) is 9.62 Å². The van der Waals surface area contributed by atoms with Crippen LogP contribution in [0.25, 0.3) is 0 Å². The quantitative estimate of drug-likeness (QED) is 0.852. The SMILES string of the molecule is CC(C)(C)NC(=O)C1CC(O)CN1S(=O)(=O)c1ccc(F)cc1. The van der Waals surface area contributed by atoms with Crippen molar-refractivity contribution in [3.05, 3.63) is 30.1 Å². The summed E-state index contributed by atoms with van der Waals surface area (Å²) in [5.41, 5.74) is -0.518. The number of hydrogen-bond donors (Lipinski definition) is 2. The predicted octanol–water partition coefficient (Wildman–Crippen LogP) is 0.864. The number of aliphatic hydroxyl groups excluding tert-OH is 1. The summed E-state index contributed by atoms with van der Waals surface area (Å²) in [6, 6.07) is 3.40. The van der Waals surface area contributed by atoms with Crippen molar-refractivity contribution >= 4 is 15.9 Å². The molecule has 1 aliphatic heterocycles. The first-order valence-electron chi connectivity index (χ1n) is 7.28. The predicted molar refractivity (Wildman–Crippen MR) is 82.6 cm³/mol. The zero-order valence-corrected chi connectivity index (χ0v) is 14.1. The van der Waals surface area contributed by atoms with Crippen LogP contribution in [0.3, 0.4) is 0 Å². The Kier molecular flexibility index (Phi) is 4.79. The van der Waals surface area contributed by atoms with Gasteiger partial charge in [-0.25, -0.2) is 12.8 Å². The monoisotopic (exact) mass is 344 g/mol. The lowest BCUT2D eigenvalue weighted by molar-refractivity contribution is -0.125.